The summed E-state index contributed by atoms with van der Waals surface area (Å²) in [5.74, 6) is -2.93. The first kappa shape index (κ1) is 16.0. The maximum absolute atomic E-state index is 12.5. The van der Waals surface area contributed by atoms with Crippen molar-refractivity contribution in [3.05, 3.63) is 27.4 Å². The van der Waals surface area contributed by atoms with Crippen LogP contribution in [-0.4, -0.2) is 21.5 Å². The number of nitrogens with zero attached hydrogens (tertiary/aromatic N) is 2. The fraction of sp³-hybridized carbons (Fsp3) is 0.250. The lowest BCUT2D eigenvalue weighted by atomic mass is 10.2. The van der Waals surface area contributed by atoms with Crippen molar-refractivity contribution in [2.75, 3.05) is 0 Å². The van der Waals surface area contributed by atoms with Crippen LogP contribution in [-0.2, 0) is 0 Å². The van der Waals surface area contributed by atoms with Crippen LogP contribution in [0.1, 0.15) is 22.5 Å². The van der Waals surface area contributed by atoms with E-state index in [1.54, 1.807) is 0 Å². The lowest BCUT2D eigenvalue weighted by Gasteiger charge is -2.10. The monoisotopic (exact) mass is 320 g/mol. The third-order valence-electron chi connectivity index (χ3n) is 1.82. The summed E-state index contributed by atoms with van der Waals surface area (Å²) in [7, 11) is 0. The first-order valence-electron chi connectivity index (χ1n) is 4.46. The van der Waals surface area contributed by atoms with Crippen molar-refractivity contribution in [1.82, 2.24) is 4.98 Å². The molecule has 0 saturated heterocycles. The van der Waals surface area contributed by atoms with Gasteiger partial charge in [-0.15, -0.1) is 13.2 Å². The summed E-state index contributed by atoms with van der Waals surface area (Å²) in [6.07, 6.45) is -8.82. The number of hydrogen-bond acceptors (Lipinski definition) is 5. The Labute approximate surface area is 111 Å². The summed E-state index contributed by atoms with van der Waals surface area (Å²) in [5.41, 5.74) is -2.73. The minimum Gasteiger partial charge on any atom is -0.401 e. The predicted octanol–water partition coefficient (Wildman–Crippen LogP) is 3.21. The number of halogens is 6. The molecule has 0 amide bonds. The minimum absolute atomic E-state index is 0.00109. The van der Waals surface area contributed by atoms with E-state index in [4.69, 9.17) is 11.6 Å². The highest BCUT2D eigenvalue weighted by Gasteiger charge is 2.37. The smallest absolute Gasteiger partial charge is 0.401 e. The van der Waals surface area contributed by atoms with Gasteiger partial charge >= 0.3 is 12.2 Å². The van der Waals surface area contributed by atoms with E-state index in [0.29, 0.717) is 0 Å². The Hall–Kier alpha value is -2.04. The summed E-state index contributed by atoms with van der Waals surface area (Å²) >= 11 is 4.89. The van der Waals surface area contributed by atoms with Crippen molar-refractivity contribution in [3.63, 3.8) is 0 Å². The fourth-order valence-electron chi connectivity index (χ4n) is 1.15. The van der Waals surface area contributed by atoms with Gasteiger partial charge in [0.15, 0.2) is 5.75 Å². The van der Waals surface area contributed by atoms with Crippen molar-refractivity contribution in [3.8, 4) is 5.75 Å². The summed E-state index contributed by atoms with van der Waals surface area (Å²) in [4.78, 5) is 22.7. The van der Waals surface area contributed by atoms with E-state index in [9.17, 15) is 36.9 Å². The van der Waals surface area contributed by atoms with Gasteiger partial charge in [0.05, 0.1) is 0 Å². The number of rotatable bonds is 4. The molecule has 0 aliphatic carbocycles. The molecule has 1 heterocycles. The van der Waals surface area contributed by atoms with Crippen molar-refractivity contribution in [1.29, 1.82) is 0 Å². The van der Waals surface area contributed by atoms with Crippen LogP contribution in [0.5, 0.6) is 5.75 Å². The lowest BCUT2D eigenvalue weighted by molar-refractivity contribution is -0.391. The van der Waals surface area contributed by atoms with Crippen LogP contribution in [0.25, 0.3) is 0 Å². The predicted molar refractivity (Wildman–Crippen MR) is 52.7 cm³/mol. The van der Waals surface area contributed by atoms with E-state index in [-0.39, 0.29) is 6.07 Å². The normalized spacial score (nSPS) is 11.6. The van der Waals surface area contributed by atoms with Crippen LogP contribution in [0, 0.1) is 10.1 Å². The molecule has 0 aliphatic rings. The Morgan fingerprint density at radius 1 is 1.45 bits per heavy atom. The van der Waals surface area contributed by atoms with Gasteiger partial charge in [-0.3, -0.25) is 4.79 Å². The highest BCUT2D eigenvalue weighted by Crippen LogP contribution is 2.35. The zero-order valence-corrected chi connectivity index (χ0v) is 9.71. The fourth-order valence-corrected chi connectivity index (χ4v) is 1.29. The minimum atomic E-state index is -5.32. The molecule has 0 bridgehead atoms. The molecule has 0 N–H and O–H groups in total. The first-order chi connectivity index (χ1) is 9.03. The topological polar surface area (TPSA) is 82.3 Å². The quantitative estimate of drug-likeness (QED) is 0.368. The van der Waals surface area contributed by atoms with Crippen molar-refractivity contribution < 1.29 is 36.4 Å². The highest BCUT2D eigenvalue weighted by molar-refractivity contribution is 6.67. The Kier molecular flexibility index (Phi) is 4.43. The molecule has 1 aromatic rings. The molecular weight excluding hydrogens is 319 g/mol. The third-order valence-corrected chi connectivity index (χ3v) is 1.99. The van der Waals surface area contributed by atoms with Gasteiger partial charge in [0.25, 0.3) is 17.4 Å². The Morgan fingerprint density at radius 2 is 2.00 bits per heavy atom. The maximum atomic E-state index is 12.5. The third kappa shape index (κ3) is 3.73. The van der Waals surface area contributed by atoms with Crippen LogP contribution < -0.4 is 4.74 Å². The molecule has 0 fully saturated rings. The van der Waals surface area contributed by atoms with Gasteiger partial charge in [-0.05, 0) is 21.5 Å². The molecule has 0 spiro atoms. The molecule has 20 heavy (non-hydrogen) atoms. The summed E-state index contributed by atoms with van der Waals surface area (Å²) in [5, 5.41) is 8.86. The highest BCUT2D eigenvalue weighted by atomic mass is 35.5. The molecule has 6 nitrogen and oxygen atoms in total. The second-order valence-corrected chi connectivity index (χ2v) is 3.47. The van der Waals surface area contributed by atoms with Crippen molar-refractivity contribution >= 4 is 22.7 Å². The van der Waals surface area contributed by atoms with Crippen molar-refractivity contribution in [2.24, 2.45) is 0 Å². The number of alkyl halides is 5. The molecule has 12 heteroatoms. The zero-order chi connectivity index (χ0) is 15.7. The van der Waals surface area contributed by atoms with Gasteiger partial charge in [0.1, 0.15) is 5.56 Å². The molecule has 0 aromatic carbocycles. The van der Waals surface area contributed by atoms with Crippen LogP contribution in [0.2, 0.25) is 0 Å². The number of ether oxygens (including phenoxy) is 1. The molecule has 0 unspecified atom stereocenters. The van der Waals surface area contributed by atoms with E-state index >= 15 is 0 Å². The van der Waals surface area contributed by atoms with Gasteiger partial charge in [-0.2, -0.15) is 0 Å². The average molecular weight is 321 g/mol. The molecule has 1 aromatic heterocycles. The van der Waals surface area contributed by atoms with E-state index in [0.717, 1.165) is 0 Å². The van der Waals surface area contributed by atoms with Gasteiger partial charge in [0, 0.05) is 6.07 Å². The number of carbonyl (C=O) groups excluding carboxylic acids is 1. The van der Waals surface area contributed by atoms with Crippen LogP contribution in [0.4, 0.5) is 27.8 Å². The zero-order valence-electron chi connectivity index (χ0n) is 8.95. The number of pyridine rings is 1. The first-order valence-corrected chi connectivity index (χ1v) is 4.83. The maximum Gasteiger partial charge on any atom is 0.573 e. The molecular formula is C8H2ClF5N2O4. The summed E-state index contributed by atoms with van der Waals surface area (Å²) in [6.45, 7) is 0. The Balaban J connectivity index is 3.53. The molecule has 1 rings (SSSR count). The molecule has 0 radical (unpaired) electrons. The number of aromatic nitrogens is 1. The standard InChI is InChI=1S/C8H2ClF5N2O4/c9-5(17)4-3(20-8(12,13)14)1-2(6(10)11)7(15-4)16(18)19/h1,6H. The van der Waals surface area contributed by atoms with Gasteiger partial charge in [-0.1, -0.05) is 0 Å². The average Bonchev–Trinajstić information content (AvgIpc) is 2.25. The van der Waals surface area contributed by atoms with E-state index in [1.807, 2.05) is 0 Å². The van der Waals surface area contributed by atoms with E-state index in [2.05, 4.69) is 9.72 Å². The van der Waals surface area contributed by atoms with Crippen LogP contribution in [0.3, 0.4) is 0 Å². The molecule has 110 valence electrons. The second-order valence-electron chi connectivity index (χ2n) is 3.13. The lowest BCUT2D eigenvalue weighted by Crippen LogP contribution is -2.20. The number of carbonyl (C=O) groups is 1. The Morgan fingerprint density at radius 3 is 2.35 bits per heavy atom. The summed E-state index contributed by atoms with van der Waals surface area (Å²) < 4.78 is 64.5. The van der Waals surface area contributed by atoms with E-state index < -0.39 is 45.8 Å². The molecule has 0 saturated carbocycles. The van der Waals surface area contributed by atoms with Crippen LogP contribution >= 0.6 is 11.6 Å². The summed E-state index contributed by atoms with van der Waals surface area (Å²) in [6, 6.07) is -0.00109. The number of nitro groups is 1. The van der Waals surface area contributed by atoms with Gasteiger partial charge in [-0.25, -0.2) is 8.78 Å². The van der Waals surface area contributed by atoms with Gasteiger partial charge in [0.2, 0.25) is 0 Å². The van der Waals surface area contributed by atoms with Crippen molar-refractivity contribution in [2.45, 2.75) is 12.8 Å². The van der Waals surface area contributed by atoms with Gasteiger partial charge < -0.3 is 14.9 Å². The second kappa shape index (κ2) is 5.53. The van der Waals surface area contributed by atoms with E-state index in [1.165, 1.54) is 0 Å². The largest absolute Gasteiger partial charge is 0.573 e. The number of hydrogen-bond donors (Lipinski definition) is 0. The molecule has 0 atom stereocenters. The SMILES string of the molecule is O=C(Cl)c1nc([N+](=O)[O-])c(C(F)F)cc1OC(F)(F)F. The van der Waals surface area contributed by atoms with Crippen LogP contribution in [0.15, 0.2) is 6.07 Å². The Bertz CT molecular complexity index is 563. The molecule has 0 aliphatic heterocycles.